The number of aromatic nitrogens is 1. The minimum Gasteiger partial charge on any atom is -0.486 e. The van der Waals surface area contributed by atoms with Crippen molar-refractivity contribution in [1.82, 2.24) is 4.98 Å². The van der Waals surface area contributed by atoms with Crippen molar-refractivity contribution in [3.63, 3.8) is 0 Å². The molecular formula is C17H12ClNO3. The Kier molecular flexibility index (Phi) is 3.05. The average Bonchev–Trinajstić information content (AvgIpc) is 2.53. The van der Waals surface area contributed by atoms with Crippen LogP contribution in [0.4, 0.5) is 0 Å². The molecule has 2 aromatic carbocycles. The van der Waals surface area contributed by atoms with Crippen molar-refractivity contribution in [2.24, 2.45) is 0 Å². The Morgan fingerprint density at radius 1 is 1.00 bits per heavy atom. The van der Waals surface area contributed by atoms with Crippen LogP contribution >= 0.6 is 11.6 Å². The number of fused-ring (bicyclic) bond motifs is 2. The Labute approximate surface area is 131 Å². The molecule has 0 fully saturated rings. The molecule has 3 aromatic rings. The maximum atomic E-state index is 12.4. The van der Waals surface area contributed by atoms with E-state index in [0.29, 0.717) is 46.3 Å². The molecule has 5 heteroatoms. The Morgan fingerprint density at radius 3 is 2.50 bits per heavy atom. The van der Waals surface area contributed by atoms with Crippen LogP contribution in [0.15, 0.2) is 47.3 Å². The van der Waals surface area contributed by atoms with E-state index in [2.05, 4.69) is 4.98 Å². The SMILES string of the molecule is O=c1cc(-c2ccccc2Cl)[nH]c2cc3c(cc12)OCCO3. The van der Waals surface area contributed by atoms with Crippen molar-refractivity contribution in [2.75, 3.05) is 13.2 Å². The van der Waals surface area contributed by atoms with E-state index in [1.807, 2.05) is 18.2 Å². The van der Waals surface area contributed by atoms with Crippen molar-refractivity contribution in [2.45, 2.75) is 0 Å². The van der Waals surface area contributed by atoms with Gasteiger partial charge in [0, 0.05) is 28.1 Å². The van der Waals surface area contributed by atoms with Gasteiger partial charge in [0.1, 0.15) is 13.2 Å². The van der Waals surface area contributed by atoms with Gasteiger partial charge in [0.15, 0.2) is 16.9 Å². The van der Waals surface area contributed by atoms with Gasteiger partial charge in [-0.3, -0.25) is 4.79 Å². The second-order valence-corrected chi connectivity index (χ2v) is 5.48. The maximum Gasteiger partial charge on any atom is 0.190 e. The number of rotatable bonds is 1. The zero-order valence-corrected chi connectivity index (χ0v) is 12.3. The van der Waals surface area contributed by atoms with Crippen LogP contribution in [0, 0.1) is 0 Å². The molecule has 1 aliphatic rings. The first-order chi connectivity index (χ1) is 10.7. The lowest BCUT2D eigenvalue weighted by Crippen LogP contribution is -2.16. The van der Waals surface area contributed by atoms with E-state index in [1.54, 1.807) is 24.3 Å². The van der Waals surface area contributed by atoms with Gasteiger partial charge in [0.05, 0.1) is 11.2 Å². The molecule has 0 unspecified atom stereocenters. The van der Waals surface area contributed by atoms with Crippen molar-refractivity contribution < 1.29 is 9.47 Å². The molecule has 2 heterocycles. The van der Waals surface area contributed by atoms with Gasteiger partial charge >= 0.3 is 0 Å². The molecule has 1 aliphatic heterocycles. The minimum absolute atomic E-state index is 0.0827. The molecule has 0 radical (unpaired) electrons. The van der Waals surface area contributed by atoms with Crippen molar-refractivity contribution in [3.8, 4) is 22.8 Å². The fourth-order valence-corrected chi connectivity index (χ4v) is 2.85. The van der Waals surface area contributed by atoms with E-state index >= 15 is 0 Å². The molecule has 110 valence electrons. The van der Waals surface area contributed by atoms with E-state index in [0.717, 1.165) is 5.56 Å². The summed E-state index contributed by atoms with van der Waals surface area (Å²) in [5.41, 5.74) is 2.09. The van der Waals surface area contributed by atoms with Gasteiger partial charge in [-0.15, -0.1) is 0 Å². The van der Waals surface area contributed by atoms with E-state index < -0.39 is 0 Å². The first-order valence-corrected chi connectivity index (χ1v) is 7.32. The van der Waals surface area contributed by atoms with E-state index in [4.69, 9.17) is 21.1 Å². The fourth-order valence-electron chi connectivity index (χ4n) is 2.61. The highest BCUT2D eigenvalue weighted by molar-refractivity contribution is 6.33. The lowest BCUT2D eigenvalue weighted by molar-refractivity contribution is 0.172. The first-order valence-electron chi connectivity index (χ1n) is 6.94. The number of benzene rings is 2. The number of nitrogens with one attached hydrogen (secondary N) is 1. The van der Waals surface area contributed by atoms with Crippen LogP contribution in [0.25, 0.3) is 22.2 Å². The summed E-state index contributed by atoms with van der Waals surface area (Å²) in [6, 6.07) is 12.5. The number of hydrogen-bond donors (Lipinski definition) is 1. The first kappa shape index (κ1) is 13.2. The molecule has 0 bridgehead atoms. The molecule has 0 saturated heterocycles. The normalized spacial score (nSPS) is 13.3. The third-order valence-electron chi connectivity index (χ3n) is 3.66. The third-order valence-corrected chi connectivity index (χ3v) is 3.99. The molecule has 4 rings (SSSR count). The van der Waals surface area contributed by atoms with Crippen molar-refractivity contribution >= 4 is 22.5 Å². The molecule has 0 amide bonds. The summed E-state index contributed by atoms with van der Waals surface area (Å²) < 4.78 is 11.1. The maximum absolute atomic E-state index is 12.4. The van der Waals surface area contributed by atoms with Crippen LogP contribution in [0.3, 0.4) is 0 Å². The van der Waals surface area contributed by atoms with Crippen LogP contribution in [-0.2, 0) is 0 Å². The van der Waals surface area contributed by atoms with E-state index in [-0.39, 0.29) is 5.43 Å². The highest BCUT2D eigenvalue weighted by Crippen LogP contribution is 2.34. The molecule has 0 saturated carbocycles. The Morgan fingerprint density at radius 2 is 1.73 bits per heavy atom. The van der Waals surface area contributed by atoms with Gasteiger partial charge in [0.25, 0.3) is 0 Å². The summed E-state index contributed by atoms with van der Waals surface area (Å²) in [5.74, 6) is 1.25. The number of halogens is 1. The van der Waals surface area contributed by atoms with Gasteiger partial charge in [-0.05, 0) is 12.1 Å². The minimum atomic E-state index is -0.0827. The largest absolute Gasteiger partial charge is 0.486 e. The fraction of sp³-hybridized carbons (Fsp3) is 0.118. The van der Waals surface area contributed by atoms with Crippen LogP contribution in [0.5, 0.6) is 11.5 Å². The molecule has 0 aliphatic carbocycles. The summed E-state index contributed by atoms with van der Waals surface area (Å²) in [6.45, 7) is 1.00. The lowest BCUT2D eigenvalue weighted by Gasteiger charge is -2.19. The van der Waals surface area contributed by atoms with Gasteiger partial charge in [-0.2, -0.15) is 0 Å². The Bertz CT molecular complexity index is 933. The molecule has 22 heavy (non-hydrogen) atoms. The molecule has 1 N–H and O–H groups in total. The monoisotopic (exact) mass is 313 g/mol. The topological polar surface area (TPSA) is 51.3 Å². The number of pyridine rings is 1. The summed E-state index contributed by atoms with van der Waals surface area (Å²) in [4.78, 5) is 15.7. The lowest BCUT2D eigenvalue weighted by atomic mass is 10.1. The standard InChI is InChI=1S/C17H12ClNO3/c18-12-4-2-1-3-10(12)13-8-15(20)11-7-16-17(9-14(11)19-13)22-6-5-21-16/h1-4,7-9H,5-6H2,(H,19,20). The Balaban J connectivity index is 1.96. The molecular weight excluding hydrogens is 302 g/mol. The second kappa shape index (κ2) is 5.07. The molecule has 0 spiro atoms. The zero-order valence-electron chi connectivity index (χ0n) is 11.6. The number of H-pyrrole nitrogens is 1. The molecule has 0 atom stereocenters. The average molecular weight is 314 g/mol. The second-order valence-electron chi connectivity index (χ2n) is 5.07. The summed E-state index contributed by atoms with van der Waals surface area (Å²) in [6.07, 6.45) is 0. The Hall–Kier alpha value is -2.46. The zero-order chi connectivity index (χ0) is 15.1. The smallest absolute Gasteiger partial charge is 0.190 e. The molecule has 4 nitrogen and oxygen atoms in total. The van der Waals surface area contributed by atoms with Gasteiger partial charge in [0.2, 0.25) is 0 Å². The van der Waals surface area contributed by atoms with Crippen molar-refractivity contribution in [3.05, 3.63) is 57.7 Å². The number of aromatic amines is 1. The summed E-state index contributed by atoms with van der Waals surface area (Å²) >= 11 is 6.21. The van der Waals surface area contributed by atoms with Crippen LogP contribution in [-0.4, -0.2) is 18.2 Å². The number of hydrogen-bond acceptors (Lipinski definition) is 3. The summed E-state index contributed by atoms with van der Waals surface area (Å²) in [5, 5.41) is 1.16. The predicted molar refractivity (Wildman–Crippen MR) is 86.0 cm³/mol. The highest BCUT2D eigenvalue weighted by atomic mass is 35.5. The van der Waals surface area contributed by atoms with Gasteiger partial charge < -0.3 is 14.5 Å². The predicted octanol–water partition coefficient (Wildman–Crippen LogP) is 3.62. The van der Waals surface area contributed by atoms with Gasteiger partial charge in [-0.25, -0.2) is 0 Å². The van der Waals surface area contributed by atoms with Crippen LogP contribution in [0.1, 0.15) is 0 Å². The van der Waals surface area contributed by atoms with E-state index in [1.165, 1.54) is 0 Å². The molecule has 1 aromatic heterocycles. The van der Waals surface area contributed by atoms with Gasteiger partial charge in [-0.1, -0.05) is 29.8 Å². The number of ether oxygens (including phenoxy) is 2. The summed E-state index contributed by atoms with van der Waals surface area (Å²) in [7, 11) is 0. The highest BCUT2D eigenvalue weighted by Gasteiger charge is 2.15. The quantitative estimate of drug-likeness (QED) is 0.746. The van der Waals surface area contributed by atoms with Crippen LogP contribution in [0.2, 0.25) is 5.02 Å². The van der Waals surface area contributed by atoms with Crippen LogP contribution < -0.4 is 14.9 Å². The van der Waals surface area contributed by atoms with Crippen molar-refractivity contribution in [1.29, 1.82) is 0 Å². The third kappa shape index (κ3) is 2.12. The van der Waals surface area contributed by atoms with E-state index in [9.17, 15) is 4.79 Å².